The minimum absolute atomic E-state index is 0.204. The van der Waals surface area contributed by atoms with Gasteiger partial charge in [-0.1, -0.05) is 17.7 Å². The zero-order valence-corrected chi connectivity index (χ0v) is 11.4. The molecule has 1 heterocycles. The van der Waals surface area contributed by atoms with Crippen LogP contribution in [0.15, 0.2) is 33.0 Å². The Labute approximate surface area is 113 Å². The van der Waals surface area contributed by atoms with Gasteiger partial charge in [0.1, 0.15) is 0 Å². The molecule has 0 spiro atoms. The summed E-state index contributed by atoms with van der Waals surface area (Å²) in [7, 11) is 0. The number of benzene rings is 1. The highest BCUT2D eigenvalue weighted by Crippen LogP contribution is 2.28. The first-order chi connectivity index (χ1) is 8.65. The Balaban J connectivity index is 2.28. The van der Waals surface area contributed by atoms with Crippen LogP contribution in [0.3, 0.4) is 0 Å². The molecule has 96 valence electrons. The topological polar surface area (TPSA) is 76.7 Å². The maximum Gasteiger partial charge on any atom is 0.343 e. The van der Waals surface area contributed by atoms with Crippen molar-refractivity contribution in [1.82, 2.24) is 14.8 Å². The fourth-order valence-corrected chi connectivity index (χ4v) is 2.78. The highest BCUT2D eigenvalue weighted by molar-refractivity contribution is 7.99. The Hall–Kier alpha value is -1.24. The van der Waals surface area contributed by atoms with E-state index in [4.69, 9.17) is 17.3 Å². The molecule has 0 amide bonds. The molecule has 0 fully saturated rings. The van der Waals surface area contributed by atoms with E-state index in [0.29, 0.717) is 23.3 Å². The van der Waals surface area contributed by atoms with E-state index in [0.717, 1.165) is 10.5 Å². The predicted molar refractivity (Wildman–Crippen MR) is 72.0 cm³/mol. The molecule has 0 unspecified atom stereocenters. The minimum Gasteiger partial charge on any atom is -0.326 e. The van der Waals surface area contributed by atoms with Crippen molar-refractivity contribution in [2.24, 2.45) is 5.73 Å². The fraction of sp³-hybridized carbons (Fsp3) is 0.273. The van der Waals surface area contributed by atoms with Crippen molar-refractivity contribution in [2.45, 2.75) is 30.1 Å². The number of nitrogens with zero attached hydrogens (tertiary/aromatic N) is 2. The van der Waals surface area contributed by atoms with Gasteiger partial charge in [-0.25, -0.2) is 9.89 Å². The molecule has 0 bridgehead atoms. The van der Waals surface area contributed by atoms with Crippen LogP contribution in [0.2, 0.25) is 5.02 Å². The molecule has 2 aromatic rings. The monoisotopic (exact) mass is 284 g/mol. The Bertz CT molecular complexity index is 607. The van der Waals surface area contributed by atoms with Gasteiger partial charge in [-0.15, -0.1) is 5.10 Å². The van der Waals surface area contributed by atoms with Gasteiger partial charge in [-0.05, 0) is 36.4 Å². The molecule has 0 saturated heterocycles. The van der Waals surface area contributed by atoms with Crippen molar-refractivity contribution in [3.63, 3.8) is 0 Å². The quantitative estimate of drug-likeness (QED) is 0.898. The van der Waals surface area contributed by atoms with E-state index in [2.05, 4.69) is 10.2 Å². The SMILES string of the molecule is CCn1c(Sc2ccc(CN)c(Cl)c2)n[nH]c1=O. The number of aromatic amines is 1. The lowest BCUT2D eigenvalue weighted by Crippen LogP contribution is -2.15. The summed E-state index contributed by atoms with van der Waals surface area (Å²) < 4.78 is 1.56. The van der Waals surface area contributed by atoms with E-state index in [1.807, 2.05) is 25.1 Å². The average molecular weight is 285 g/mol. The van der Waals surface area contributed by atoms with E-state index in [1.165, 1.54) is 11.8 Å². The van der Waals surface area contributed by atoms with E-state index in [1.54, 1.807) is 4.57 Å². The maximum absolute atomic E-state index is 11.4. The van der Waals surface area contributed by atoms with E-state index >= 15 is 0 Å². The third-order valence-electron chi connectivity index (χ3n) is 2.49. The van der Waals surface area contributed by atoms with Crippen LogP contribution in [0.4, 0.5) is 0 Å². The molecule has 7 heteroatoms. The average Bonchev–Trinajstić information content (AvgIpc) is 2.70. The number of hydrogen-bond acceptors (Lipinski definition) is 4. The second-order valence-electron chi connectivity index (χ2n) is 3.61. The summed E-state index contributed by atoms with van der Waals surface area (Å²) in [6, 6.07) is 5.62. The number of rotatable bonds is 4. The van der Waals surface area contributed by atoms with Gasteiger partial charge in [0.05, 0.1) is 0 Å². The first-order valence-electron chi connectivity index (χ1n) is 5.47. The van der Waals surface area contributed by atoms with Crippen LogP contribution in [0.5, 0.6) is 0 Å². The van der Waals surface area contributed by atoms with Gasteiger partial charge in [0, 0.05) is 23.0 Å². The largest absolute Gasteiger partial charge is 0.343 e. The zero-order chi connectivity index (χ0) is 13.1. The molecule has 0 aliphatic carbocycles. The Morgan fingerprint density at radius 1 is 1.56 bits per heavy atom. The Morgan fingerprint density at radius 3 is 2.94 bits per heavy atom. The van der Waals surface area contributed by atoms with Gasteiger partial charge in [-0.2, -0.15) is 0 Å². The van der Waals surface area contributed by atoms with Crippen LogP contribution in [0, 0.1) is 0 Å². The molecular formula is C11H13ClN4OS. The van der Waals surface area contributed by atoms with Gasteiger partial charge in [-0.3, -0.25) is 4.57 Å². The lowest BCUT2D eigenvalue weighted by Gasteiger charge is -2.05. The predicted octanol–water partition coefficient (Wildman–Crippen LogP) is 1.85. The highest BCUT2D eigenvalue weighted by Gasteiger charge is 2.09. The van der Waals surface area contributed by atoms with Gasteiger partial charge >= 0.3 is 5.69 Å². The summed E-state index contributed by atoms with van der Waals surface area (Å²) in [6.07, 6.45) is 0. The first-order valence-corrected chi connectivity index (χ1v) is 6.66. The number of nitrogens with two attached hydrogens (primary N) is 1. The van der Waals surface area contributed by atoms with Gasteiger partial charge in [0.25, 0.3) is 0 Å². The van der Waals surface area contributed by atoms with Crippen LogP contribution >= 0.6 is 23.4 Å². The molecule has 2 rings (SSSR count). The molecule has 0 saturated carbocycles. The van der Waals surface area contributed by atoms with Crippen molar-refractivity contribution in [3.05, 3.63) is 39.3 Å². The molecule has 1 aromatic carbocycles. The number of hydrogen-bond donors (Lipinski definition) is 2. The molecule has 0 aliphatic heterocycles. The van der Waals surface area contributed by atoms with Crippen molar-refractivity contribution in [1.29, 1.82) is 0 Å². The summed E-state index contributed by atoms with van der Waals surface area (Å²) in [4.78, 5) is 12.3. The standard InChI is InChI=1S/C11H13ClN4OS/c1-2-16-10(17)14-15-11(16)18-8-4-3-7(6-13)9(12)5-8/h3-5H,2,6,13H2,1H3,(H,14,17). The summed E-state index contributed by atoms with van der Waals surface area (Å²) in [5, 5.41) is 7.66. The lowest BCUT2D eigenvalue weighted by atomic mass is 10.2. The van der Waals surface area contributed by atoms with Crippen molar-refractivity contribution in [3.8, 4) is 0 Å². The van der Waals surface area contributed by atoms with Crippen LogP contribution < -0.4 is 11.4 Å². The van der Waals surface area contributed by atoms with Crippen molar-refractivity contribution >= 4 is 23.4 Å². The number of halogens is 1. The summed E-state index contributed by atoms with van der Waals surface area (Å²) in [5.74, 6) is 0. The highest BCUT2D eigenvalue weighted by atomic mass is 35.5. The molecule has 0 radical (unpaired) electrons. The summed E-state index contributed by atoms with van der Waals surface area (Å²) in [6.45, 7) is 2.88. The van der Waals surface area contributed by atoms with E-state index in [9.17, 15) is 4.79 Å². The molecule has 0 atom stereocenters. The fourth-order valence-electron chi connectivity index (χ4n) is 1.52. The second kappa shape index (κ2) is 5.60. The number of aromatic nitrogens is 3. The third kappa shape index (κ3) is 2.60. The lowest BCUT2D eigenvalue weighted by molar-refractivity contribution is 0.660. The van der Waals surface area contributed by atoms with Crippen molar-refractivity contribution in [2.75, 3.05) is 0 Å². The Morgan fingerprint density at radius 2 is 2.33 bits per heavy atom. The normalized spacial score (nSPS) is 10.8. The van der Waals surface area contributed by atoms with Crippen molar-refractivity contribution < 1.29 is 0 Å². The summed E-state index contributed by atoms with van der Waals surface area (Å²) >= 11 is 7.47. The molecular weight excluding hydrogens is 272 g/mol. The summed E-state index contributed by atoms with van der Waals surface area (Å²) in [5.41, 5.74) is 6.24. The van der Waals surface area contributed by atoms with E-state index in [-0.39, 0.29) is 5.69 Å². The molecule has 1 aromatic heterocycles. The molecule has 0 aliphatic rings. The number of nitrogens with one attached hydrogen (secondary N) is 1. The van der Waals surface area contributed by atoms with Crippen LogP contribution in [-0.4, -0.2) is 14.8 Å². The second-order valence-corrected chi connectivity index (χ2v) is 5.06. The minimum atomic E-state index is -0.204. The van der Waals surface area contributed by atoms with Gasteiger partial charge in [0.2, 0.25) is 0 Å². The zero-order valence-electron chi connectivity index (χ0n) is 9.81. The van der Waals surface area contributed by atoms with Crippen LogP contribution in [0.1, 0.15) is 12.5 Å². The Kier molecular flexibility index (Phi) is 4.11. The third-order valence-corrected chi connectivity index (χ3v) is 3.83. The smallest absolute Gasteiger partial charge is 0.326 e. The van der Waals surface area contributed by atoms with Crippen LogP contribution in [-0.2, 0) is 13.1 Å². The van der Waals surface area contributed by atoms with Gasteiger partial charge in [0.15, 0.2) is 5.16 Å². The number of H-pyrrole nitrogens is 1. The van der Waals surface area contributed by atoms with E-state index < -0.39 is 0 Å². The molecule has 18 heavy (non-hydrogen) atoms. The van der Waals surface area contributed by atoms with Crippen LogP contribution in [0.25, 0.3) is 0 Å². The maximum atomic E-state index is 11.4. The first kappa shape index (κ1) is 13.2. The molecule has 5 nitrogen and oxygen atoms in total. The molecule has 3 N–H and O–H groups in total. The van der Waals surface area contributed by atoms with Gasteiger partial charge < -0.3 is 5.73 Å².